The van der Waals surface area contributed by atoms with E-state index in [0.717, 1.165) is 12.0 Å². The third-order valence-corrected chi connectivity index (χ3v) is 7.25. The third kappa shape index (κ3) is 3.70. The molecule has 3 aromatic rings. The molecule has 1 aromatic heterocycles. The second-order valence-electron chi connectivity index (χ2n) is 6.54. The van der Waals surface area contributed by atoms with Crippen LogP contribution in [0.2, 0.25) is 0 Å². The Kier molecular flexibility index (Phi) is 4.99. The summed E-state index contributed by atoms with van der Waals surface area (Å²) in [5.41, 5.74) is 1.92. The highest BCUT2D eigenvalue weighted by molar-refractivity contribution is 7.90. The molecule has 0 N–H and O–H groups in total. The first-order valence-electron chi connectivity index (χ1n) is 8.75. The lowest BCUT2D eigenvalue weighted by Crippen LogP contribution is -2.35. The minimum Gasteiger partial charge on any atom is -0.308 e. The Morgan fingerprint density at radius 3 is 2.68 bits per heavy atom. The number of aryl methyl sites for hydroxylation is 1. The van der Waals surface area contributed by atoms with E-state index < -0.39 is 15.7 Å². The number of aromatic nitrogens is 1. The normalized spacial score (nSPS) is 14.0. The number of carbonyl (C=O) groups excluding carboxylic acids is 1. The van der Waals surface area contributed by atoms with Crippen LogP contribution in [0, 0.1) is 5.82 Å². The minimum atomic E-state index is -3.51. The van der Waals surface area contributed by atoms with Gasteiger partial charge in [-0.25, -0.2) is 17.8 Å². The number of rotatable bonds is 4. The van der Waals surface area contributed by atoms with Crippen LogP contribution in [0.5, 0.6) is 0 Å². The van der Waals surface area contributed by atoms with E-state index in [1.165, 1.54) is 41.7 Å². The van der Waals surface area contributed by atoms with Gasteiger partial charge in [0.15, 0.2) is 9.84 Å². The van der Waals surface area contributed by atoms with Crippen molar-refractivity contribution in [1.29, 1.82) is 0 Å². The molecule has 0 fully saturated rings. The lowest BCUT2D eigenvalue weighted by molar-refractivity contribution is 0.0985. The zero-order valence-corrected chi connectivity index (χ0v) is 16.5. The highest BCUT2D eigenvalue weighted by Gasteiger charge is 2.26. The zero-order chi connectivity index (χ0) is 19.7. The lowest BCUT2D eigenvalue weighted by atomic mass is 10.0. The van der Waals surface area contributed by atoms with Gasteiger partial charge in [-0.1, -0.05) is 0 Å². The van der Waals surface area contributed by atoms with Gasteiger partial charge in [0.05, 0.1) is 4.90 Å². The molecule has 8 heteroatoms. The van der Waals surface area contributed by atoms with E-state index in [4.69, 9.17) is 0 Å². The van der Waals surface area contributed by atoms with Gasteiger partial charge in [0, 0.05) is 29.4 Å². The van der Waals surface area contributed by atoms with Crippen molar-refractivity contribution in [2.75, 3.05) is 11.4 Å². The molecule has 5 nitrogen and oxygen atoms in total. The standard InChI is InChI=1S/C20H17FN2O3S2/c21-16-5-3-14(4-6-16)20(24)23-10-1-2-15-12-17(7-8-18(15)23)28(25,26)13-19-22-9-11-27-19/h3-9,11-12H,1-2,10,13H2. The van der Waals surface area contributed by atoms with Crippen LogP contribution in [0.4, 0.5) is 10.1 Å². The minimum absolute atomic E-state index is 0.137. The molecule has 0 aliphatic carbocycles. The Morgan fingerprint density at radius 1 is 1.18 bits per heavy atom. The van der Waals surface area contributed by atoms with Gasteiger partial charge >= 0.3 is 0 Å². The highest BCUT2D eigenvalue weighted by Crippen LogP contribution is 2.31. The predicted molar refractivity (Wildman–Crippen MR) is 106 cm³/mol. The quantitative estimate of drug-likeness (QED) is 0.648. The maximum absolute atomic E-state index is 13.1. The van der Waals surface area contributed by atoms with Crippen molar-refractivity contribution in [1.82, 2.24) is 4.98 Å². The first kappa shape index (κ1) is 18.8. The fourth-order valence-corrected chi connectivity index (χ4v) is 5.60. The number of hydrogen-bond acceptors (Lipinski definition) is 5. The second-order valence-corrected chi connectivity index (χ2v) is 9.51. The van der Waals surface area contributed by atoms with Gasteiger partial charge in [0.25, 0.3) is 5.91 Å². The van der Waals surface area contributed by atoms with E-state index in [2.05, 4.69) is 4.98 Å². The van der Waals surface area contributed by atoms with Crippen molar-refractivity contribution < 1.29 is 17.6 Å². The molecule has 0 saturated carbocycles. The van der Waals surface area contributed by atoms with Gasteiger partial charge in [0.1, 0.15) is 16.6 Å². The summed E-state index contributed by atoms with van der Waals surface area (Å²) in [7, 11) is -3.51. The van der Waals surface area contributed by atoms with Crippen LogP contribution < -0.4 is 4.90 Å². The molecule has 144 valence electrons. The fourth-order valence-electron chi connectivity index (χ4n) is 3.30. The summed E-state index contributed by atoms with van der Waals surface area (Å²) >= 11 is 1.31. The van der Waals surface area contributed by atoms with Crippen LogP contribution in [0.25, 0.3) is 0 Å². The van der Waals surface area contributed by atoms with Crippen LogP contribution in [0.3, 0.4) is 0 Å². The van der Waals surface area contributed by atoms with Gasteiger partial charge in [-0.2, -0.15) is 0 Å². The fraction of sp³-hybridized carbons (Fsp3) is 0.200. The maximum Gasteiger partial charge on any atom is 0.258 e. The second kappa shape index (κ2) is 7.44. The van der Waals surface area contributed by atoms with E-state index in [0.29, 0.717) is 29.2 Å². The highest BCUT2D eigenvalue weighted by atomic mass is 32.2. The van der Waals surface area contributed by atoms with Crippen LogP contribution in [0.15, 0.2) is 58.9 Å². The summed E-state index contributed by atoms with van der Waals surface area (Å²) in [6.07, 6.45) is 3.01. The maximum atomic E-state index is 13.1. The number of anilines is 1. The summed E-state index contributed by atoms with van der Waals surface area (Å²) in [5.74, 6) is -0.758. The summed E-state index contributed by atoms with van der Waals surface area (Å²) in [4.78, 5) is 18.8. The average molecular weight is 416 g/mol. The van der Waals surface area contributed by atoms with Gasteiger partial charge in [0.2, 0.25) is 0 Å². The Balaban J connectivity index is 1.64. The van der Waals surface area contributed by atoms with Crippen molar-refractivity contribution in [2.45, 2.75) is 23.5 Å². The molecule has 0 atom stereocenters. The Bertz CT molecular complexity index is 1110. The van der Waals surface area contributed by atoms with Crippen LogP contribution in [-0.4, -0.2) is 25.9 Å². The Hall–Kier alpha value is -2.58. The van der Waals surface area contributed by atoms with Crippen molar-refractivity contribution in [2.24, 2.45) is 0 Å². The molecule has 0 unspecified atom stereocenters. The monoisotopic (exact) mass is 416 g/mol. The molecule has 1 aliphatic heterocycles. The number of benzene rings is 2. The molecule has 0 radical (unpaired) electrons. The smallest absolute Gasteiger partial charge is 0.258 e. The van der Waals surface area contributed by atoms with E-state index >= 15 is 0 Å². The van der Waals surface area contributed by atoms with Crippen LogP contribution in [0.1, 0.15) is 27.3 Å². The number of hydrogen-bond donors (Lipinski definition) is 0. The third-order valence-electron chi connectivity index (χ3n) is 4.66. The first-order chi connectivity index (χ1) is 13.4. The summed E-state index contributed by atoms with van der Waals surface area (Å²) in [6, 6.07) is 10.3. The Labute approximate surface area is 166 Å². The van der Waals surface area contributed by atoms with E-state index in [1.54, 1.807) is 28.6 Å². The van der Waals surface area contributed by atoms with Gasteiger partial charge in [-0.15, -0.1) is 11.3 Å². The lowest BCUT2D eigenvalue weighted by Gasteiger charge is -2.30. The average Bonchev–Trinajstić information content (AvgIpc) is 3.19. The predicted octanol–water partition coefficient (Wildman–Crippen LogP) is 3.85. The van der Waals surface area contributed by atoms with Gasteiger partial charge < -0.3 is 4.90 Å². The number of nitrogens with zero attached hydrogens (tertiary/aromatic N) is 2. The number of sulfone groups is 1. The number of fused-ring (bicyclic) bond motifs is 1. The summed E-state index contributed by atoms with van der Waals surface area (Å²) in [6.45, 7) is 0.536. The van der Waals surface area contributed by atoms with Crippen LogP contribution in [-0.2, 0) is 22.0 Å². The number of thiazole rings is 1. The topological polar surface area (TPSA) is 67.3 Å². The van der Waals surface area contributed by atoms with E-state index in [1.807, 2.05) is 0 Å². The van der Waals surface area contributed by atoms with Gasteiger partial charge in [-0.3, -0.25) is 4.79 Å². The first-order valence-corrected chi connectivity index (χ1v) is 11.3. The Morgan fingerprint density at radius 2 is 1.96 bits per heavy atom. The van der Waals surface area contributed by atoms with Crippen molar-refractivity contribution in [3.05, 3.63) is 76.0 Å². The molecule has 2 aromatic carbocycles. The summed E-state index contributed by atoms with van der Waals surface area (Å²) < 4.78 is 38.5. The molecule has 1 aliphatic rings. The summed E-state index contributed by atoms with van der Waals surface area (Å²) in [5, 5.41) is 2.29. The molecule has 0 spiro atoms. The number of carbonyl (C=O) groups is 1. The number of halogens is 1. The van der Waals surface area contributed by atoms with Crippen LogP contribution >= 0.6 is 11.3 Å². The molecule has 2 heterocycles. The molecule has 28 heavy (non-hydrogen) atoms. The van der Waals surface area contributed by atoms with Gasteiger partial charge in [-0.05, 0) is 60.9 Å². The SMILES string of the molecule is O=C(c1ccc(F)cc1)N1CCCc2cc(S(=O)(=O)Cc3nccs3)ccc21. The molecular weight excluding hydrogens is 399 g/mol. The van der Waals surface area contributed by atoms with E-state index in [-0.39, 0.29) is 16.6 Å². The molecule has 0 saturated heterocycles. The molecule has 0 bridgehead atoms. The van der Waals surface area contributed by atoms with E-state index in [9.17, 15) is 17.6 Å². The zero-order valence-electron chi connectivity index (χ0n) is 14.8. The molecule has 1 amide bonds. The number of amides is 1. The molecule has 4 rings (SSSR count). The molecular formula is C20H17FN2O3S2. The largest absolute Gasteiger partial charge is 0.308 e. The van der Waals surface area contributed by atoms with Crippen molar-refractivity contribution in [3.63, 3.8) is 0 Å². The van der Waals surface area contributed by atoms with Crippen molar-refractivity contribution >= 4 is 32.8 Å². The van der Waals surface area contributed by atoms with Crippen molar-refractivity contribution in [3.8, 4) is 0 Å².